The van der Waals surface area contributed by atoms with Gasteiger partial charge in [0.15, 0.2) is 0 Å². The molecular weight excluding hydrogens is 872 g/mol. The van der Waals surface area contributed by atoms with Crippen molar-refractivity contribution in [3.8, 4) is 11.4 Å². The Morgan fingerprint density at radius 2 is 0.831 bits per heavy atom. The number of fused-ring (bicyclic) bond motifs is 5. The summed E-state index contributed by atoms with van der Waals surface area (Å²) in [7, 11) is 0. The molecule has 8 nitrogen and oxygen atoms in total. The Labute approximate surface area is 414 Å². The van der Waals surface area contributed by atoms with E-state index in [1.54, 1.807) is 12.1 Å². The first-order chi connectivity index (χ1) is 34.6. The molecule has 3 aliphatic rings. The average Bonchev–Trinajstić information content (AvgIpc) is 3.93. The molecule has 0 radical (unpaired) electrons. The summed E-state index contributed by atoms with van der Waals surface area (Å²) >= 11 is 0. The lowest BCUT2D eigenvalue weighted by molar-refractivity contribution is 0.0652. The van der Waals surface area contributed by atoms with E-state index in [2.05, 4.69) is 223 Å². The Morgan fingerprint density at radius 3 is 1.20 bits per heavy atom. The predicted octanol–water partition coefficient (Wildman–Crippen LogP) is 12.4. The molecule has 5 heterocycles. The third-order valence-electron chi connectivity index (χ3n) is 15.5. The van der Waals surface area contributed by atoms with Gasteiger partial charge in [0.2, 0.25) is 0 Å². The molecule has 8 aromatic carbocycles. The minimum absolute atomic E-state index is 0.0686. The van der Waals surface area contributed by atoms with Crippen LogP contribution in [0.1, 0.15) is 57.1 Å². The van der Waals surface area contributed by atoms with Crippen LogP contribution in [0.15, 0.2) is 182 Å². The highest BCUT2D eigenvalue weighted by atomic mass is 16.2. The summed E-state index contributed by atoms with van der Waals surface area (Å²) in [6.07, 6.45) is 0. The summed E-state index contributed by atoms with van der Waals surface area (Å²) in [4.78, 5) is 36.6. The van der Waals surface area contributed by atoms with E-state index in [-0.39, 0.29) is 31.2 Å². The van der Waals surface area contributed by atoms with Crippen LogP contribution in [-0.2, 0) is 0 Å². The predicted molar refractivity (Wildman–Crippen MR) is 293 cm³/mol. The van der Waals surface area contributed by atoms with Gasteiger partial charge in [-0.05, 0) is 154 Å². The van der Waals surface area contributed by atoms with Crippen molar-refractivity contribution < 1.29 is 9.59 Å². The molecule has 9 heteroatoms. The molecule has 0 unspecified atom stereocenters. The molecule has 0 spiro atoms. The van der Waals surface area contributed by atoms with E-state index < -0.39 is 0 Å². The van der Waals surface area contributed by atoms with Gasteiger partial charge in [-0.3, -0.25) is 14.5 Å². The van der Waals surface area contributed by atoms with Crippen molar-refractivity contribution in [2.75, 3.05) is 21.4 Å². The minimum Gasteiger partial charge on any atom is -0.351 e. The fourth-order valence-electron chi connectivity index (χ4n) is 12.0. The van der Waals surface area contributed by atoms with Crippen molar-refractivity contribution in [1.29, 1.82) is 0 Å². The highest BCUT2D eigenvalue weighted by Gasteiger charge is 2.44. The number of imide groups is 1. The highest BCUT2D eigenvalue weighted by Crippen LogP contribution is 2.47. The zero-order valence-electron chi connectivity index (χ0n) is 40.7. The number of benzene rings is 8. The first-order valence-electron chi connectivity index (χ1n) is 24.6. The maximum absolute atomic E-state index is 14.1. The Morgan fingerprint density at radius 1 is 0.465 bits per heavy atom. The van der Waals surface area contributed by atoms with E-state index in [0.717, 1.165) is 62.6 Å². The number of anilines is 7. The van der Waals surface area contributed by atoms with E-state index in [9.17, 15) is 9.59 Å². The highest BCUT2D eigenvalue weighted by molar-refractivity contribution is 7.00. The monoisotopic (exact) mass is 922 g/mol. The number of rotatable bonds is 10. The van der Waals surface area contributed by atoms with Gasteiger partial charge in [-0.1, -0.05) is 97.1 Å². The molecule has 3 aliphatic heterocycles. The van der Waals surface area contributed by atoms with Crippen LogP contribution in [0.3, 0.4) is 0 Å². The Kier molecular flexibility index (Phi) is 9.59. The zero-order chi connectivity index (χ0) is 48.4. The molecule has 0 saturated carbocycles. The normalized spacial score (nSPS) is 13.1. The molecule has 2 amide bonds. The van der Waals surface area contributed by atoms with Crippen LogP contribution in [0.4, 0.5) is 39.8 Å². The quantitative estimate of drug-likeness (QED) is 0.101. The van der Waals surface area contributed by atoms with Crippen LogP contribution in [0.5, 0.6) is 0 Å². The van der Waals surface area contributed by atoms with Crippen molar-refractivity contribution >= 4 is 96.5 Å². The van der Waals surface area contributed by atoms with Gasteiger partial charge in [0.05, 0.1) is 33.5 Å². The summed E-state index contributed by atoms with van der Waals surface area (Å²) in [6, 6.07) is 63.9. The van der Waals surface area contributed by atoms with Crippen LogP contribution in [-0.4, -0.2) is 45.3 Å². The molecular formula is C62H51BN6O2. The molecule has 2 aromatic heterocycles. The van der Waals surface area contributed by atoms with Crippen LogP contribution >= 0.6 is 0 Å². The lowest BCUT2D eigenvalue weighted by Gasteiger charge is -2.38. The number of amides is 2. The molecule has 0 bridgehead atoms. The van der Waals surface area contributed by atoms with Gasteiger partial charge in [0, 0.05) is 68.0 Å². The third-order valence-corrected chi connectivity index (χ3v) is 15.5. The van der Waals surface area contributed by atoms with E-state index in [0.29, 0.717) is 11.1 Å². The maximum atomic E-state index is 14.1. The fourth-order valence-corrected chi connectivity index (χ4v) is 12.0. The second kappa shape index (κ2) is 16.0. The molecule has 0 N–H and O–H groups in total. The van der Waals surface area contributed by atoms with Gasteiger partial charge >= 0.3 is 0 Å². The van der Waals surface area contributed by atoms with Crippen LogP contribution in [0.25, 0.3) is 33.2 Å². The average molecular weight is 923 g/mol. The van der Waals surface area contributed by atoms with Crippen molar-refractivity contribution in [3.63, 3.8) is 0 Å². The van der Waals surface area contributed by atoms with Gasteiger partial charge in [0.25, 0.3) is 18.5 Å². The summed E-state index contributed by atoms with van der Waals surface area (Å²) in [6.45, 7) is 13.3. The SMILES string of the molecule is Cc1c(C)n2c3c(ccc(N(c4ccccc4)c4ccccc4)c13)B1c3c-2cc(N(CN2C(=O)c4ccccc4C2=O)C(C)C)cc3-n2c(C)c(C)c3c(N(c4ccccc4)c4ccccc4)ccc1c32. The van der Waals surface area contributed by atoms with Crippen molar-refractivity contribution in [3.05, 3.63) is 216 Å². The topological polar surface area (TPSA) is 57.0 Å². The molecule has 10 aromatic rings. The Balaban J connectivity index is 1.11. The number of nitrogens with zero attached hydrogens (tertiary/aromatic N) is 6. The maximum Gasteiger partial charge on any atom is 0.263 e. The summed E-state index contributed by atoms with van der Waals surface area (Å²) in [5.74, 6) is -0.531. The number of carbonyl (C=O) groups excluding carboxylic acids is 2. The largest absolute Gasteiger partial charge is 0.351 e. The Hall–Kier alpha value is -8.56. The van der Waals surface area contributed by atoms with Gasteiger partial charge in [-0.25, -0.2) is 0 Å². The zero-order valence-corrected chi connectivity index (χ0v) is 40.7. The molecule has 71 heavy (non-hydrogen) atoms. The second-order valence-corrected chi connectivity index (χ2v) is 19.5. The van der Waals surface area contributed by atoms with Gasteiger partial charge in [0.1, 0.15) is 6.67 Å². The lowest BCUT2D eigenvalue weighted by Crippen LogP contribution is -2.59. The molecule has 0 aliphatic carbocycles. The molecule has 13 rings (SSSR count). The standard InChI is InChI=1S/C62H51BN6O2/c1-38(2)64(37-65-61(70)48-29-19-20-30-49(48)62(65)71)47-35-54-58-55(36-47)67-42(6)40(4)57-53(69(45-25-15-9-16-26-45)46-27-17-10-18-28-46)34-32-51(60(57)67)63(58)50-31-33-52(56-39(3)41(5)66(54)59(50)56)68(43-21-11-7-12-22-43)44-23-13-8-14-24-44/h7-36,38H,37H2,1-6H3. The van der Waals surface area contributed by atoms with Gasteiger partial charge in [-0.2, -0.15) is 0 Å². The number of aryl methyl sites for hydroxylation is 2. The van der Waals surface area contributed by atoms with E-state index in [4.69, 9.17) is 0 Å². The van der Waals surface area contributed by atoms with Crippen LogP contribution in [0, 0.1) is 27.7 Å². The smallest absolute Gasteiger partial charge is 0.263 e. The fraction of sp³-hybridized carbons (Fsp3) is 0.129. The number of hydrogen-bond donors (Lipinski definition) is 0. The second-order valence-electron chi connectivity index (χ2n) is 19.5. The van der Waals surface area contributed by atoms with Gasteiger partial charge < -0.3 is 23.8 Å². The first-order valence-corrected chi connectivity index (χ1v) is 24.6. The molecule has 344 valence electrons. The van der Waals surface area contributed by atoms with Crippen LogP contribution < -0.4 is 31.1 Å². The van der Waals surface area contributed by atoms with E-state index in [1.807, 2.05) is 12.1 Å². The van der Waals surface area contributed by atoms with E-state index in [1.165, 1.54) is 54.2 Å². The lowest BCUT2D eigenvalue weighted by atomic mass is 9.34. The summed E-state index contributed by atoms with van der Waals surface area (Å²) < 4.78 is 5.01. The van der Waals surface area contributed by atoms with Crippen LogP contribution in [0.2, 0.25) is 0 Å². The number of hydrogen-bond acceptors (Lipinski definition) is 5. The summed E-state index contributed by atoms with van der Waals surface area (Å²) in [5, 5.41) is 2.41. The third kappa shape index (κ3) is 6.11. The Bertz CT molecular complexity index is 3510. The van der Waals surface area contributed by atoms with Gasteiger partial charge in [-0.15, -0.1) is 0 Å². The number of carbonyl (C=O) groups is 2. The van der Waals surface area contributed by atoms with Crippen molar-refractivity contribution in [1.82, 2.24) is 14.0 Å². The van der Waals surface area contributed by atoms with Crippen molar-refractivity contribution in [2.45, 2.75) is 47.6 Å². The number of aromatic nitrogens is 2. The number of para-hydroxylation sites is 4. The molecule has 0 atom stereocenters. The molecule has 0 saturated heterocycles. The minimum atomic E-state index is -0.265. The van der Waals surface area contributed by atoms with Crippen molar-refractivity contribution in [2.24, 2.45) is 0 Å². The molecule has 0 fully saturated rings. The first kappa shape index (κ1) is 42.5. The van der Waals surface area contributed by atoms with E-state index >= 15 is 0 Å². The summed E-state index contributed by atoms with van der Waals surface area (Å²) in [5.41, 5.74) is 21.5.